The molecular formula is C22H25N3O2. The molecule has 1 aromatic carbocycles. The normalized spacial score (nSPS) is 26.4. The van der Waals surface area contributed by atoms with E-state index >= 15 is 0 Å². The van der Waals surface area contributed by atoms with Gasteiger partial charge < -0.3 is 10.6 Å². The van der Waals surface area contributed by atoms with E-state index in [1.807, 2.05) is 37.3 Å². The van der Waals surface area contributed by atoms with Crippen molar-refractivity contribution in [1.82, 2.24) is 15.6 Å². The van der Waals surface area contributed by atoms with Crippen LogP contribution in [0.2, 0.25) is 0 Å². The van der Waals surface area contributed by atoms with Crippen molar-refractivity contribution in [3.63, 3.8) is 0 Å². The first-order chi connectivity index (χ1) is 13.0. The number of carbonyl (C=O) groups excluding carboxylic acids is 2. The number of benzene rings is 1. The molecule has 27 heavy (non-hydrogen) atoms. The molecule has 5 nitrogen and oxygen atoms in total. The average Bonchev–Trinajstić information content (AvgIpc) is 2.92. The van der Waals surface area contributed by atoms with Crippen molar-refractivity contribution in [3.8, 4) is 0 Å². The van der Waals surface area contributed by atoms with Crippen LogP contribution < -0.4 is 10.6 Å². The summed E-state index contributed by atoms with van der Waals surface area (Å²) >= 11 is 0. The lowest BCUT2D eigenvalue weighted by Gasteiger charge is -2.40. The predicted octanol–water partition coefficient (Wildman–Crippen LogP) is 3.40. The van der Waals surface area contributed by atoms with E-state index in [2.05, 4.69) is 15.6 Å². The number of carbonyl (C=O) groups is 2. The van der Waals surface area contributed by atoms with E-state index in [0.29, 0.717) is 11.3 Å². The number of nitrogens with zero attached hydrogens (tertiary/aromatic N) is 1. The van der Waals surface area contributed by atoms with Gasteiger partial charge in [0.15, 0.2) is 0 Å². The fraction of sp³-hybridized carbons (Fsp3) is 0.409. The van der Waals surface area contributed by atoms with Crippen LogP contribution in [0.25, 0.3) is 0 Å². The van der Waals surface area contributed by atoms with E-state index in [-0.39, 0.29) is 22.9 Å². The fourth-order valence-corrected chi connectivity index (χ4v) is 4.73. The maximum absolute atomic E-state index is 12.8. The number of hydrogen-bond acceptors (Lipinski definition) is 3. The van der Waals surface area contributed by atoms with Crippen LogP contribution in [0.3, 0.4) is 0 Å². The first-order valence-corrected chi connectivity index (χ1v) is 9.62. The third-order valence-corrected chi connectivity index (χ3v) is 6.00. The van der Waals surface area contributed by atoms with Gasteiger partial charge in [-0.15, -0.1) is 0 Å². The minimum absolute atomic E-state index is 0.0209. The molecule has 4 rings (SSSR count). The predicted molar refractivity (Wildman–Crippen MR) is 104 cm³/mol. The number of hydrogen-bond donors (Lipinski definition) is 2. The van der Waals surface area contributed by atoms with Crippen molar-refractivity contribution >= 4 is 11.8 Å². The van der Waals surface area contributed by atoms with Crippen molar-refractivity contribution in [2.24, 2.45) is 0 Å². The summed E-state index contributed by atoms with van der Waals surface area (Å²) < 4.78 is 0. The van der Waals surface area contributed by atoms with Crippen LogP contribution in [-0.4, -0.2) is 27.9 Å². The summed E-state index contributed by atoms with van der Waals surface area (Å²) in [5.74, 6) is -0.147. The van der Waals surface area contributed by atoms with E-state index in [9.17, 15) is 9.59 Å². The molecule has 2 saturated carbocycles. The molecule has 0 radical (unpaired) electrons. The molecule has 0 spiro atoms. The van der Waals surface area contributed by atoms with Gasteiger partial charge in [-0.3, -0.25) is 14.6 Å². The van der Waals surface area contributed by atoms with Crippen molar-refractivity contribution in [3.05, 3.63) is 65.5 Å². The molecule has 1 heterocycles. The van der Waals surface area contributed by atoms with Crippen molar-refractivity contribution < 1.29 is 9.59 Å². The lowest BCUT2D eigenvalue weighted by atomic mass is 9.78. The Bertz CT molecular complexity index is 867. The minimum atomic E-state index is -0.243. The van der Waals surface area contributed by atoms with Crippen LogP contribution in [0.1, 0.15) is 64.9 Å². The van der Waals surface area contributed by atoms with Gasteiger partial charge in [0.2, 0.25) is 0 Å². The second kappa shape index (κ2) is 6.80. The lowest BCUT2D eigenvalue weighted by molar-refractivity contribution is 0.0829. The first kappa shape index (κ1) is 17.7. The molecule has 5 heteroatoms. The van der Waals surface area contributed by atoms with Crippen LogP contribution in [-0.2, 0) is 0 Å². The van der Waals surface area contributed by atoms with Crippen LogP contribution >= 0.6 is 0 Å². The quantitative estimate of drug-likeness (QED) is 0.875. The van der Waals surface area contributed by atoms with Gasteiger partial charge in [-0.2, -0.15) is 0 Å². The molecule has 0 aliphatic heterocycles. The van der Waals surface area contributed by atoms with Crippen LogP contribution in [0, 0.1) is 6.92 Å². The number of rotatable bonds is 4. The van der Waals surface area contributed by atoms with E-state index < -0.39 is 0 Å². The maximum atomic E-state index is 12.8. The van der Waals surface area contributed by atoms with Gasteiger partial charge in [0, 0.05) is 22.8 Å². The van der Waals surface area contributed by atoms with Crippen molar-refractivity contribution in [2.45, 2.75) is 56.5 Å². The molecule has 2 aliphatic rings. The van der Waals surface area contributed by atoms with Gasteiger partial charge in [-0.1, -0.05) is 23.8 Å². The fourth-order valence-electron chi connectivity index (χ4n) is 4.73. The van der Waals surface area contributed by atoms with E-state index in [1.165, 1.54) is 0 Å². The van der Waals surface area contributed by atoms with Gasteiger partial charge in [0.1, 0.15) is 5.69 Å². The Morgan fingerprint density at radius 3 is 2.33 bits per heavy atom. The molecular weight excluding hydrogens is 338 g/mol. The minimum Gasteiger partial charge on any atom is -0.347 e. The lowest BCUT2D eigenvalue weighted by Crippen LogP contribution is -2.55. The highest BCUT2D eigenvalue weighted by Crippen LogP contribution is 2.48. The molecule has 140 valence electrons. The highest BCUT2D eigenvalue weighted by Gasteiger charge is 2.52. The van der Waals surface area contributed by atoms with Crippen molar-refractivity contribution in [1.29, 1.82) is 0 Å². The number of aromatic nitrogens is 1. The van der Waals surface area contributed by atoms with Crippen LogP contribution in [0.15, 0.2) is 48.7 Å². The summed E-state index contributed by atoms with van der Waals surface area (Å²) in [5, 5.41) is 6.53. The molecule has 1 aromatic heterocycles. The monoisotopic (exact) mass is 363 g/mol. The Hall–Kier alpha value is -2.69. The third kappa shape index (κ3) is 3.59. The molecule has 2 aliphatic carbocycles. The molecule has 2 unspecified atom stereocenters. The van der Waals surface area contributed by atoms with E-state index in [0.717, 1.165) is 44.1 Å². The van der Waals surface area contributed by atoms with Gasteiger partial charge in [0.05, 0.1) is 0 Å². The first-order valence-electron chi connectivity index (χ1n) is 9.62. The highest BCUT2D eigenvalue weighted by molar-refractivity contribution is 5.95. The number of aryl methyl sites for hydroxylation is 1. The maximum Gasteiger partial charge on any atom is 0.270 e. The zero-order valence-electron chi connectivity index (χ0n) is 15.6. The summed E-state index contributed by atoms with van der Waals surface area (Å²) in [6, 6.07) is 13.0. The van der Waals surface area contributed by atoms with Crippen LogP contribution in [0.5, 0.6) is 0 Å². The topological polar surface area (TPSA) is 71.1 Å². The Kier molecular flexibility index (Phi) is 4.46. The molecule has 2 atom stereocenters. The van der Waals surface area contributed by atoms with Gasteiger partial charge in [-0.05, 0) is 69.7 Å². The molecule has 2 fully saturated rings. The summed E-state index contributed by atoms with van der Waals surface area (Å²) in [6.45, 7) is 1.99. The molecule has 2 N–H and O–H groups in total. The summed E-state index contributed by atoms with van der Waals surface area (Å²) in [7, 11) is 0. The third-order valence-electron chi connectivity index (χ3n) is 6.00. The number of nitrogens with one attached hydrogen (secondary N) is 2. The Balaban J connectivity index is 1.48. The standard InChI is InChI=1S/C22H25N3O2/c1-16-6-4-7-17(14-16)19(26)24-21-9-5-10-22(15-21,12-11-21)25-20(27)18-8-2-3-13-23-18/h2-4,6-8,13-14H,5,9-12,15H2,1H3,(H,24,26)(H,25,27). The van der Waals surface area contributed by atoms with E-state index in [1.54, 1.807) is 18.3 Å². The van der Waals surface area contributed by atoms with Gasteiger partial charge in [-0.25, -0.2) is 0 Å². The summed E-state index contributed by atoms with van der Waals surface area (Å²) in [4.78, 5) is 29.6. The second-order valence-electron chi connectivity index (χ2n) is 8.08. The van der Waals surface area contributed by atoms with Crippen LogP contribution in [0.4, 0.5) is 0 Å². The van der Waals surface area contributed by atoms with Gasteiger partial charge in [0.25, 0.3) is 11.8 Å². The largest absolute Gasteiger partial charge is 0.347 e. The van der Waals surface area contributed by atoms with Crippen molar-refractivity contribution in [2.75, 3.05) is 0 Å². The average molecular weight is 363 g/mol. The smallest absolute Gasteiger partial charge is 0.270 e. The molecule has 0 saturated heterocycles. The highest BCUT2D eigenvalue weighted by atomic mass is 16.2. The SMILES string of the molecule is Cc1cccc(C(=O)NC23CCCC(NC(=O)c4ccccn4)(CC2)C3)c1. The number of amides is 2. The molecule has 2 amide bonds. The second-order valence-corrected chi connectivity index (χ2v) is 8.08. The zero-order valence-corrected chi connectivity index (χ0v) is 15.6. The summed E-state index contributed by atoms with van der Waals surface area (Å²) in [6.07, 6.45) is 7.12. The van der Waals surface area contributed by atoms with Gasteiger partial charge >= 0.3 is 0 Å². The zero-order chi connectivity index (χ0) is 18.9. The Morgan fingerprint density at radius 2 is 1.67 bits per heavy atom. The van der Waals surface area contributed by atoms with E-state index in [4.69, 9.17) is 0 Å². The number of fused-ring (bicyclic) bond motifs is 2. The summed E-state index contributed by atoms with van der Waals surface area (Å²) in [5.41, 5.74) is 1.75. The molecule has 2 bridgehead atoms. The Labute approximate surface area is 159 Å². The molecule has 2 aromatic rings. The Morgan fingerprint density at radius 1 is 0.926 bits per heavy atom. The number of pyridine rings is 1.